The molecule has 3 aromatic carbocycles. The molecular formula is C28H26N4O4. The molecule has 4 aromatic rings. The Morgan fingerprint density at radius 2 is 2.03 bits per heavy atom. The predicted octanol–water partition coefficient (Wildman–Crippen LogP) is 5.26. The second-order valence-electron chi connectivity index (χ2n) is 9.20. The Labute approximate surface area is 208 Å². The van der Waals surface area contributed by atoms with Gasteiger partial charge in [0.2, 0.25) is 5.82 Å². The quantitative estimate of drug-likeness (QED) is 0.379. The molecule has 0 aliphatic carbocycles. The molecule has 182 valence electrons. The molecular weight excluding hydrogens is 456 g/mol. The monoisotopic (exact) mass is 482 g/mol. The van der Waals surface area contributed by atoms with Gasteiger partial charge in [0.15, 0.2) is 0 Å². The molecule has 0 saturated carbocycles. The summed E-state index contributed by atoms with van der Waals surface area (Å²) in [5, 5.41) is 25.3. The van der Waals surface area contributed by atoms with Crippen LogP contribution < -0.4 is 4.74 Å². The summed E-state index contributed by atoms with van der Waals surface area (Å²) in [7, 11) is 0. The SMILES string of the molecule is CC(C)Oc1ccc(-c2nc(-c3ccc(CN4CCCC4C(=O)O)c4ccccc34)no2)cc1C#N. The van der Waals surface area contributed by atoms with Crippen LogP contribution >= 0.6 is 0 Å². The third-order valence-electron chi connectivity index (χ3n) is 6.41. The van der Waals surface area contributed by atoms with Gasteiger partial charge in [-0.2, -0.15) is 10.2 Å². The first-order chi connectivity index (χ1) is 17.4. The van der Waals surface area contributed by atoms with E-state index >= 15 is 0 Å². The molecule has 0 spiro atoms. The first-order valence-corrected chi connectivity index (χ1v) is 12.0. The van der Waals surface area contributed by atoms with Crippen molar-refractivity contribution >= 4 is 16.7 Å². The van der Waals surface area contributed by atoms with Gasteiger partial charge in [-0.3, -0.25) is 9.69 Å². The lowest BCUT2D eigenvalue weighted by molar-refractivity contribution is -0.142. The lowest BCUT2D eigenvalue weighted by Gasteiger charge is -2.22. The molecule has 8 heteroatoms. The Hall–Kier alpha value is -4.22. The molecule has 1 saturated heterocycles. The van der Waals surface area contributed by atoms with Gasteiger partial charge in [0, 0.05) is 17.7 Å². The van der Waals surface area contributed by atoms with Crippen LogP contribution in [0.5, 0.6) is 5.75 Å². The number of nitriles is 1. The van der Waals surface area contributed by atoms with Gasteiger partial charge >= 0.3 is 5.97 Å². The Bertz CT molecular complexity index is 1470. The molecule has 5 rings (SSSR count). The van der Waals surface area contributed by atoms with E-state index in [0.29, 0.717) is 41.6 Å². The molecule has 1 aliphatic rings. The van der Waals surface area contributed by atoms with Crippen LogP contribution in [-0.4, -0.2) is 44.8 Å². The number of ether oxygens (including phenoxy) is 1. The summed E-state index contributed by atoms with van der Waals surface area (Å²) in [4.78, 5) is 18.3. The van der Waals surface area contributed by atoms with Gasteiger partial charge < -0.3 is 14.4 Å². The zero-order valence-corrected chi connectivity index (χ0v) is 20.1. The van der Waals surface area contributed by atoms with E-state index in [9.17, 15) is 15.2 Å². The van der Waals surface area contributed by atoms with Gasteiger partial charge in [-0.25, -0.2) is 0 Å². The smallest absolute Gasteiger partial charge is 0.320 e. The van der Waals surface area contributed by atoms with Crippen molar-refractivity contribution in [3.05, 3.63) is 65.7 Å². The number of nitrogens with zero attached hydrogens (tertiary/aromatic N) is 4. The number of likely N-dealkylation sites (tertiary alicyclic amines) is 1. The fraction of sp³-hybridized carbons (Fsp3) is 0.286. The maximum Gasteiger partial charge on any atom is 0.320 e. The van der Waals surface area contributed by atoms with E-state index < -0.39 is 12.0 Å². The highest BCUT2D eigenvalue weighted by Gasteiger charge is 2.30. The number of hydrogen-bond acceptors (Lipinski definition) is 7. The van der Waals surface area contributed by atoms with E-state index in [4.69, 9.17) is 9.26 Å². The molecule has 1 aliphatic heterocycles. The van der Waals surface area contributed by atoms with Gasteiger partial charge in [-0.15, -0.1) is 0 Å². The fourth-order valence-corrected chi connectivity index (χ4v) is 4.77. The van der Waals surface area contributed by atoms with Crippen molar-refractivity contribution in [2.24, 2.45) is 0 Å². The lowest BCUT2D eigenvalue weighted by atomic mass is 9.98. The fourth-order valence-electron chi connectivity index (χ4n) is 4.77. The number of fused-ring (bicyclic) bond motifs is 1. The summed E-state index contributed by atoms with van der Waals surface area (Å²) in [5.74, 6) is 0.502. The zero-order valence-electron chi connectivity index (χ0n) is 20.1. The molecule has 1 aromatic heterocycles. The summed E-state index contributed by atoms with van der Waals surface area (Å²) >= 11 is 0. The van der Waals surface area contributed by atoms with Crippen LogP contribution in [0.4, 0.5) is 0 Å². The van der Waals surface area contributed by atoms with Crippen molar-refractivity contribution < 1.29 is 19.2 Å². The van der Waals surface area contributed by atoms with Crippen LogP contribution in [0.1, 0.15) is 37.8 Å². The van der Waals surface area contributed by atoms with Crippen LogP contribution in [-0.2, 0) is 11.3 Å². The standard InChI is InChI=1S/C28H26N4O4/c1-17(2)35-25-12-10-18(14-20(25)15-29)27-30-26(31-36-27)23-11-9-19(21-6-3-4-7-22(21)23)16-32-13-5-8-24(32)28(33)34/h3-4,6-7,9-12,14,17,24H,5,8,13,16H2,1-2H3,(H,33,34). The summed E-state index contributed by atoms with van der Waals surface area (Å²) in [6.07, 6.45) is 1.51. The van der Waals surface area contributed by atoms with Crippen LogP contribution in [0.2, 0.25) is 0 Å². The molecule has 0 radical (unpaired) electrons. The van der Waals surface area contributed by atoms with Crippen molar-refractivity contribution in [3.63, 3.8) is 0 Å². The highest BCUT2D eigenvalue weighted by Crippen LogP contribution is 2.33. The normalized spacial score (nSPS) is 15.9. The van der Waals surface area contributed by atoms with E-state index in [1.54, 1.807) is 18.2 Å². The summed E-state index contributed by atoms with van der Waals surface area (Å²) in [6.45, 7) is 5.15. The zero-order chi connectivity index (χ0) is 25.2. The van der Waals surface area contributed by atoms with E-state index in [0.717, 1.165) is 34.9 Å². The molecule has 2 heterocycles. The Morgan fingerprint density at radius 3 is 2.78 bits per heavy atom. The summed E-state index contributed by atoms with van der Waals surface area (Å²) < 4.78 is 11.3. The molecule has 0 amide bonds. The average Bonchev–Trinajstić information content (AvgIpc) is 3.54. The number of carboxylic acids is 1. The first-order valence-electron chi connectivity index (χ1n) is 12.0. The molecule has 1 fully saturated rings. The summed E-state index contributed by atoms with van der Waals surface area (Å²) in [6, 6.07) is 18.9. The highest BCUT2D eigenvalue weighted by atomic mass is 16.5. The Morgan fingerprint density at radius 1 is 1.22 bits per heavy atom. The molecule has 1 atom stereocenters. The predicted molar refractivity (Wildman–Crippen MR) is 134 cm³/mol. The minimum atomic E-state index is -0.767. The number of hydrogen-bond donors (Lipinski definition) is 1. The van der Waals surface area contributed by atoms with Crippen LogP contribution in [0, 0.1) is 11.3 Å². The average molecular weight is 483 g/mol. The van der Waals surface area contributed by atoms with Crippen LogP contribution in [0.25, 0.3) is 33.6 Å². The topological polar surface area (TPSA) is 112 Å². The van der Waals surface area contributed by atoms with E-state index in [2.05, 4.69) is 16.2 Å². The van der Waals surface area contributed by atoms with Gasteiger partial charge in [0.25, 0.3) is 5.89 Å². The second kappa shape index (κ2) is 9.80. The van der Waals surface area contributed by atoms with Crippen molar-refractivity contribution in [1.29, 1.82) is 5.26 Å². The summed E-state index contributed by atoms with van der Waals surface area (Å²) in [5.41, 5.74) is 2.92. The van der Waals surface area contributed by atoms with Gasteiger partial charge in [-0.05, 0) is 67.8 Å². The van der Waals surface area contributed by atoms with Crippen molar-refractivity contribution in [2.75, 3.05) is 6.54 Å². The van der Waals surface area contributed by atoms with E-state index in [-0.39, 0.29) is 6.10 Å². The third-order valence-corrected chi connectivity index (χ3v) is 6.41. The van der Waals surface area contributed by atoms with E-state index in [1.165, 1.54) is 0 Å². The molecule has 1 N–H and O–H groups in total. The van der Waals surface area contributed by atoms with Gasteiger partial charge in [0.05, 0.1) is 11.7 Å². The van der Waals surface area contributed by atoms with Gasteiger partial charge in [0.1, 0.15) is 17.9 Å². The van der Waals surface area contributed by atoms with Crippen LogP contribution in [0.15, 0.2) is 59.1 Å². The molecule has 1 unspecified atom stereocenters. The second-order valence-corrected chi connectivity index (χ2v) is 9.20. The molecule has 36 heavy (non-hydrogen) atoms. The molecule has 0 bridgehead atoms. The minimum Gasteiger partial charge on any atom is -0.490 e. The largest absolute Gasteiger partial charge is 0.490 e. The maximum absolute atomic E-state index is 11.6. The number of carbonyl (C=O) groups is 1. The van der Waals surface area contributed by atoms with Gasteiger partial charge in [-0.1, -0.05) is 41.6 Å². The molecule has 8 nitrogen and oxygen atoms in total. The minimum absolute atomic E-state index is 0.0466. The number of carboxylic acid groups (broad SMARTS) is 1. The number of aliphatic carboxylic acids is 1. The van der Waals surface area contributed by atoms with Crippen molar-refractivity contribution in [2.45, 2.75) is 45.4 Å². The Balaban J connectivity index is 1.48. The third kappa shape index (κ3) is 4.53. The maximum atomic E-state index is 11.6. The van der Waals surface area contributed by atoms with Crippen molar-refractivity contribution in [3.8, 4) is 34.7 Å². The number of benzene rings is 3. The van der Waals surface area contributed by atoms with E-state index in [1.807, 2.05) is 55.1 Å². The number of aromatic nitrogens is 2. The van der Waals surface area contributed by atoms with Crippen LogP contribution in [0.3, 0.4) is 0 Å². The first kappa shape index (κ1) is 23.5. The highest BCUT2D eigenvalue weighted by molar-refractivity contribution is 5.97. The Kier molecular flexibility index (Phi) is 6.40. The lowest BCUT2D eigenvalue weighted by Crippen LogP contribution is -2.35. The van der Waals surface area contributed by atoms with Crippen molar-refractivity contribution in [1.82, 2.24) is 15.0 Å². The number of rotatable bonds is 7.